The molecule has 1 aliphatic heterocycles. The summed E-state index contributed by atoms with van der Waals surface area (Å²) in [6, 6.07) is 0.0495. The highest BCUT2D eigenvalue weighted by Crippen LogP contribution is 2.11. The standard InChI is InChI=1S/C10H21NO4S/c1-15-7-10(12)4-5-11-9-3-2-6-16(13,14)8-9/h9-12H,2-8H2,1H3. The molecule has 96 valence electrons. The smallest absolute Gasteiger partial charge is 0.151 e. The van der Waals surface area contributed by atoms with E-state index in [1.165, 1.54) is 0 Å². The lowest BCUT2D eigenvalue weighted by molar-refractivity contribution is 0.0590. The summed E-state index contributed by atoms with van der Waals surface area (Å²) >= 11 is 0. The van der Waals surface area contributed by atoms with Gasteiger partial charge in [0.1, 0.15) is 0 Å². The molecule has 0 aromatic rings. The Labute approximate surface area is 97.1 Å². The zero-order valence-corrected chi connectivity index (χ0v) is 10.5. The second-order valence-electron chi connectivity index (χ2n) is 4.31. The van der Waals surface area contributed by atoms with E-state index in [2.05, 4.69) is 5.32 Å². The van der Waals surface area contributed by atoms with Crippen LogP contribution in [-0.2, 0) is 14.6 Å². The van der Waals surface area contributed by atoms with Crippen molar-refractivity contribution in [2.45, 2.75) is 31.4 Å². The van der Waals surface area contributed by atoms with Gasteiger partial charge in [-0.1, -0.05) is 0 Å². The van der Waals surface area contributed by atoms with Gasteiger partial charge in [0.2, 0.25) is 0 Å². The molecule has 2 unspecified atom stereocenters. The highest BCUT2D eigenvalue weighted by molar-refractivity contribution is 7.91. The van der Waals surface area contributed by atoms with Crippen LogP contribution >= 0.6 is 0 Å². The van der Waals surface area contributed by atoms with Crippen LogP contribution in [0.3, 0.4) is 0 Å². The predicted octanol–water partition coefficient (Wildman–Crippen LogP) is -0.449. The Bertz CT molecular complexity index is 291. The Morgan fingerprint density at radius 2 is 2.31 bits per heavy atom. The van der Waals surface area contributed by atoms with Gasteiger partial charge in [0.05, 0.1) is 24.2 Å². The van der Waals surface area contributed by atoms with E-state index in [1.807, 2.05) is 0 Å². The largest absolute Gasteiger partial charge is 0.391 e. The molecule has 1 saturated heterocycles. The van der Waals surface area contributed by atoms with Gasteiger partial charge < -0.3 is 15.2 Å². The summed E-state index contributed by atoms with van der Waals surface area (Å²) in [5.41, 5.74) is 0. The minimum atomic E-state index is -2.84. The fourth-order valence-electron chi connectivity index (χ4n) is 1.91. The first-order valence-electron chi connectivity index (χ1n) is 5.64. The van der Waals surface area contributed by atoms with Crippen molar-refractivity contribution in [3.8, 4) is 0 Å². The number of sulfone groups is 1. The summed E-state index contributed by atoms with van der Waals surface area (Å²) in [5.74, 6) is 0.546. The van der Waals surface area contributed by atoms with Crippen molar-refractivity contribution < 1.29 is 18.3 Å². The van der Waals surface area contributed by atoms with E-state index in [0.717, 1.165) is 12.8 Å². The number of hydrogen-bond acceptors (Lipinski definition) is 5. The number of rotatable bonds is 6. The van der Waals surface area contributed by atoms with E-state index in [1.54, 1.807) is 7.11 Å². The number of ether oxygens (including phenoxy) is 1. The number of nitrogens with one attached hydrogen (secondary N) is 1. The lowest BCUT2D eigenvalue weighted by Gasteiger charge is -2.23. The van der Waals surface area contributed by atoms with Gasteiger partial charge >= 0.3 is 0 Å². The molecular formula is C10H21NO4S. The summed E-state index contributed by atoms with van der Waals surface area (Å²) in [5, 5.41) is 12.6. The van der Waals surface area contributed by atoms with Crippen molar-refractivity contribution in [1.29, 1.82) is 0 Å². The van der Waals surface area contributed by atoms with Crippen LogP contribution in [0.4, 0.5) is 0 Å². The minimum absolute atomic E-state index is 0.0495. The van der Waals surface area contributed by atoms with Crippen LogP contribution in [-0.4, -0.2) is 57.4 Å². The Kier molecular flexibility index (Phi) is 5.68. The second-order valence-corrected chi connectivity index (χ2v) is 6.53. The van der Waals surface area contributed by atoms with Crippen LogP contribution in [0.15, 0.2) is 0 Å². The molecule has 0 aromatic carbocycles. The first-order valence-corrected chi connectivity index (χ1v) is 7.46. The first kappa shape index (κ1) is 13.9. The van der Waals surface area contributed by atoms with Crippen molar-refractivity contribution in [2.24, 2.45) is 0 Å². The van der Waals surface area contributed by atoms with Gasteiger partial charge in [-0.2, -0.15) is 0 Å². The number of aliphatic hydroxyl groups excluding tert-OH is 1. The van der Waals surface area contributed by atoms with Gasteiger partial charge in [0, 0.05) is 13.2 Å². The van der Waals surface area contributed by atoms with Crippen LogP contribution in [0, 0.1) is 0 Å². The van der Waals surface area contributed by atoms with Crippen molar-refractivity contribution in [1.82, 2.24) is 5.32 Å². The summed E-state index contributed by atoms with van der Waals surface area (Å²) < 4.78 is 27.5. The van der Waals surface area contributed by atoms with Gasteiger partial charge in [-0.05, 0) is 25.8 Å². The zero-order chi connectivity index (χ0) is 12.0. The van der Waals surface area contributed by atoms with Crippen molar-refractivity contribution >= 4 is 9.84 Å². The molecule has 1 fully saturated rings. The average Bonchev–Trinajstić information content (AvgIpc) is 2.16. The third kappa shape index (κ3) is 5.25. The van der Waals surface area contributed by atoms with E-state index < -0.39 is 15.9 Å². The maximum absolute atomic E-state index is 11.4. The summed E-state index contributed by atoms with van der Waals surface area (Å²) in [6.45, 7) is 0.954. The number of aliphatic hydroxyl groups is 1. The van der Waals surface area contributed by atoms with Crippen molar-refractivity contribution in [2.75, 3.05) is 31.8 Å². The summed E-state index contributed by atoms with van der Waals surface area (Å²) in [7, 11) is -1.30. The Morgan fingerprint density at radius 1 is 1.56 bits per heavy atom. The summed E-state index contributed by atoms with van der Waals surface area (Å²) in [4.78, 5) is 0. The molecule has 2 atom stereocenters. The van der Waals surface area contributed by atoms with Crippen molar-refractivity contribution in [3.63, 3.8) is 0 Å². The Balaban J connectivity index is 2.18. The maximum Gasteiger partial charge on any atom is 0.151 e. The Hall–Kier alpha value is -0.170. The molecular weight excluding hydrogens is 230 g/mol. The lowest BCUT2D eigenvalue weighted by Crippen LogP contribution is -2.41. The minimum Gasteiger partial charge on any atom is -0.391 e. The van der Waals surface area contributed by atoms with Crippen LogP contribution in [0.1, 0.15) is 19.3 Å². The average molecular weight is 251 g/mol. The predicted molar refractivity (Wildman–Crippen MR) is 62.2 cm³/mol. The fraction of sp³-hybridized carbons (Fsp3) is 1.00. The highest BCUT2D eigenvalue weighted by Gasteiger charge is 2.24. The maximum atomic E-state index is 11.4. The van der Waals surface area contributed by atoms with Gasteiger partial charge in [-0.15, -0.1) is 0 Å². The third-order valence-corrected chi connectivity index (χ3v) is 4.55. The van der Waals surface area contributed by atoms with Gasteiger partial charge in [0.15, 0.2) is 9.84 Å². The van der Waals surface area contributed by atoms with E-state index in [-0.39, 0.29) is 11.8 Å². The normalized spacial score (nSPS) is 26.5. The van der Waals surface area contributed by atoms with E-state index in [0.29, 0.717) is 25.3 Å². The molecule has 0 amide bonds. The molecule has 0 saturated carbocycles. The van der Waals surface area contributed by atoms with E-state index in [9.17, 15) is 13.5 Å². The monoisotopic (exact) mass is 251 g/mol. The molecule has 16 heavy (non-hydrogen) atoms. The SMILES string of the molecule is COCC(O)CCNC1CCCS(=O)(=O)C1. The topological polar surface area (TPSA) is 75.6 Å². The second kappa shape index (κ2) is 6.54. The highest BCUT2D eigenvalue weighted by atomic mass is 32.2. The fourth-order valence-corrected chi connectivity index (χ4v) is 3.58. The summed E-state index contributed by atoms with van der Waals surface area (Å²) in [6.07, 6.45) is 1.75. The lowest BCUT2D eigenvalue weighted by atomic mass is 10.1. The molecule has 6 heteroatoms. The number of methoxy groups -OCH3 is 1. The van der Waals surface area contributed by atoms with Gasteiger partial charge in [0.25, 0.3) is 0 Å². The number of hydrogen-bond donors (Lipinski definition) is 2. The molecule has 0 radical (unpaired) electrons. The van der Waals surface area contributed by atoms with Gasteiger partial charge in [-0.25, -0.2) is 8.42 Å². The quantitative estimate of drug-likeness (QED) is 0.669. The first-order chi connectivity index (χ1) is 7.53. The van der Waals surface area contributed by atoms with E-state index in [4.69, 9.17) is 4.74 Å². The molecule has 1 heterocycles. The zero-order valence-electron chi connectivity index (χ0n) is 9.68. The molecule has 0 bridgehead atoms. The van der Waals surface area contributed by atoms with Crippen LogP contribution in [0.2, 0.25) is 0 Å². The molecule has 2 N–H and O–H groups in total. The Morgan fingerprint density at radius 3 is 2.94 bits per heavy atom. The van der Waals surface area contributed by atoms with Crippen molar-refractivity contribution in [3.05, 3.63) is 0 Å². The third-order valence-electron chi connectivity index (χ3n) is 2.73. The van der Waals surface area contributed by atoms with Crippen LogP contribution in [0.25, 0.3) is 0 Å². The molecule has 0 aromatic heterocycles. The van der Waals surface area contributed by atoms with Gasteiger partial charge in [-0.3, -0.25) is 0 Å². The molecule has 0 aliphatic carbocycles. The van der Waals surface area contributed by atoms with E-state index >= 15 is 0 Å². The molecule has 5 nitrogen and oxygen atoms in total. The van der Waals surface area contributed by atoms with Crippen LogP contribution in [0.5, 0.6) is 0 Å². The molecule has 1 rings (SSSR count). The van der Waals surface area contributed by atoms with Crippen LogP contribution < -0.4 is 5.32 Å². The molecule has 0 spiro atoms. The molecule has 1 aliphatic rings.